The summed E-state index contributed by atoms with van der Waals surface area (Å²) in [6, 6.07) is 0.185. The molecule has 1 aliphatic heterocycles. The van der Waals surface area contributed by atoms with Crippen LogP contribution in [0.5, 0.6) is 0 Å². The predicted octanol–water partition coefficient (Wildman–Crippen LogP) is 0.668. The van der Waals surface area contributed by atoms with Crippen LogP contribution in [-0.2, 0) is 4.79 Å². The molecule has 1 aromatic rings. The Morgan fingerprint density at radius 2 is 2.10 bits per heavy atom. The zero-order valence-electron chi connectivity index (χ0n) is 11.5. The zero-order chi connectivity index (χ0) is 14.1. The average Bonchev–Trinajstić information content (AvgIpc) is 2.46. The number of nitrogens with one attached hydrogen (secondary N) is 1. The quantitative estimate of drug-likeness (QED) is 0.816. The third kappa shape index (κ3) is 2.37. The van der Waals surface area contributed by atoms with E-state index >= 15 is 0 Å². The van der Waals surface area contributed by atoms with Gasteiger partial charge in [-0.1, -0.05) is 12.8 Å². The molecule has 6 heteroatoms. The largest absolute Gasteiger partial charge is 0.350 e. The number of piperazine rings is 1. The van der Waals surface area contributed by atoms with E-state index in [1.54, 1.807) is 11.1 Å². The molecule has 0 bridgehead atoms. The summed E-state index contributed by atoms with van der Waals surface area (Å²) in [5.41, 5.74) is 1.09. The Bertz CT molecular complexity index is 528. The van der Waals surface area contributed by atoms with Gasteiger partial charge in [0.25, 0.3) is 5.91 Å². The fourth-order valence-corrected chi connectivity index (χ4v) is 3.05. The number of hydrogen-bond acceptors (Lipinski definition) is 4. The molecule has 1 saturated carbocycles. The fraction of sp³-hybridized carbons (Fsp3) is 0.571. The van der Waals surface area contributed by atoms with Crippen LogP contribution in [-0.4, -0.2) is 45.3 Å². The lowest BCUT2D eigenvalue weighted by Gasteiger charge is -2.43. The monoisotopic (exact) mass is 274 g/mol. The van der Waals surface area contributed by atoms with Crippen molar-refractivity contribution in [3.8, 4) is 0 Å². The van der Waals surface area contributed by atoms with Crippen LogP contribution in [0.25, 0.3) is 0 Å². The van der Waals surface area contributed by atoms with Crippen LogP contribution in [0.2, 0.25) is 0 Å². The Morgan fingerprint density at radius 1 is 1.30 bits per heavy atom. The van der Waals surface area contributed by atoms with Gasteiger partial charge in [0, 0.05) is 12.2 Å². The average molecular weight is 274 g/mol. The maximum atomic E-state index is 12.6. The molecule has 0 unspecified atom stereocenters. The number of carbonyl (C=O) groups is 2. The molecule has 20 heavy (non-hydrogen) atoms. The molecule has 2 heterocycles. The molecule has 1 aromatic heterocycles. The first-order valence-electron chi connectivity index (χ1n) is 7.04. The fourth-order valence-electron chi connectivity index (χ4n) is 3.05. The van der Waals surface area contributed by atoms with Crippen LogP contribution >= 0.6 is 0 Å². The summed E-state index contributed by atoms with van der Waals surface area (Å²) in [6.07, 6.45) is 7.15. The second-order valence-corrected chi connectivity index (χ2v) is 5.50. The summed E-state index contributed by atoms with van der Waals surface area (Å²) < 4.78 is 0. The molecule has 0 aromatic carbocycles. The van der Waals surface area contributed by atoms with Gasteiger partial charge in [0.1, 0.15) is 12.2 Å². The summed E-state index contributed by atoms with van der Waals surface area (Å²) >= 11 is 0. The van der Waals surface area contributed by atoms with Crippen molar-refractivity contribution >= 4 is 11.8 Å². The van der Waals surface area contributed by atoms with Gasteiger partial charge >= 0.3 is 0 Å². The Kier molecular flexibility index (Phi) is 3.38. The van der Waals surface area contributed by atoms with E-state index in [1.807, 2.05) is 6.92 Å². The summed E-state index contributed by atoms with van der Waals surface area (Å²) in [6.45, 7) is 1.95. The highest BCUT2D eigenvalue weighted by atomic mass is 16.2. The van der Waals surface area contributed by atoms with Gasteiger partial charge in [-0.05, 0) is 19.8 Å². The van der Waals surface area contributed by atoms with Gasteiger partial charge in [-0.3, -0.25) is 14.6 Å². The molecule has 3 rings (SSSR count). The van der Waals surface area contributed by atoms with Gasteiger partial charge < -0.3 is 10.2 Å². The van der Waals surface area contributed by atoms with Gasteiger partial charge in [-0.2, -0.15) is 0 Å². The van der Waals surface area contributed by atoms with Crippen LogP contribution in [0, 0.1) is 6.92 Å². The molecule has 2 aliphatic rings. The molecule has 2 fully saturated rings. The molecule has 2 atom stereocenters. The van der Waals surface area contributed by atoms with Crippen LogP contribution in [0.3, 0.4) is 0 Å². The minimum atomic E-state index is -0.191. The summed E-state index contributed by atoms with van der Waals surface area (Å²) in [5.74, 6) is -0.272. The highest BCUT2D eigenvalue weighted by molar-refractivity contribution is 5.95. The molecule has 1 saturated heterocycles. The number of nitrogens with zero attached hydrogens (tertiary/aromatic N) is 3. The molecule has 106 valence electrons. The van der Waals surface area contributed by atoms with Crippen molar-refractivity contribution in [1.29, 1.82) is 0 Å². The van der Waals surface area contributed by atoms with Gasteiger partial charge in [-0.15, -0.1) is 0 Å². The van der Waals surface area contributed by atoms with E-state index in [4.69, 9.17) is 0 Å². The number of hydrogen-bond donors (Lipinski definition) is 1. The number of amides is 2. The van der Waals surface area contributed by atoms with Crippen molar-refractivity contribution in [3.63, 3.8) is 0 Å². The number of rotatable bonds is 1. The molecule has 0 spiro atoms. The van der Waals surface area contributed by atoms with E-state index in [0.29, 0.717) is 5.69 Å². The van der Waals surface area contributed by atoms with E-state index in [1.165, 1.54) is 6.20 Å². The molecule has 2 amide bonds. The Morgan fingerprint density at radius 3 is 2.85 bits per heavy atom. The van der Waals surface area contributed by atoms with E-state index in [-0.39, 0.29) is 30.4 Å². The van der Waals surface area contributed by atoms with E-state index < -0.39 is 0 Å². The maximum absolute atomic E-state index is 12.6. The van der Waals surface area contributed by atoms with Gasteiger partial charge in [0.05, 0.1) is 17.9 Å². The second-order valence-electron chi connectivity index (χ2n) is 5.50. The number of carbonyl (C=O) groups excluding carboxylic acids is 2. The van der Waals surface area contributed by atoms with Crippen molar-refractivity contribution in [2.45, 2.75) is 44.7 Å². The highest BCUT2D eigenvalue weighted by Gasteiger charge is 2.39. The summed E-state index contributed by atoms with van der Waals surface area (Å²) in [5, 5.41) is 2.99. The van der Waals surface area contributed by atoms with Crippen molar-refractivity contribution in [2.75, 3.05) is 6.54 Å². The topological polar surface area (TPSA) is 75.2 Å². The van der Waals surface area contributed by atoms with Gasteiger partial charge in [0.2, 0.25) is 5.91 Å². The molecule has 1 N–H and O–H groups in total. The van der Waals surface area contributed by atoms with Crippen LogP contribution in [0.15, 0.2) is 12.4 Å². The minimum Gasteiger partial charge on any atom is -0.350 e. The first kappa shape index (κ1) is 13.0. The lowest BCUT2D eigenvalue weighted by atomic mass is 9.87. The van der Waals surface area contributed by atoms with Gasteiger partial charge in [0.15, 0.2) is 0 Å². The van der Waals surface area contributed by atoms with E-state index in [0.717, 1.165) is 31.4 Å². The SMILES string of the molecule is Cc1cnc(C(=O)N2CC(=O)N[C@@H]3CCCC[C@@H]32)cn1. The summed E-state index contributed by atoms with van der Waals surface area (Å²) in [7, 11) is 0. The third-order valence-electron chi connectivity index (χ3n) is 4.05. The zero-order valence-corrected chi connectivity index (χ0v) is 11.5. The number of aromatic nitrogens is 2. The van der Waals surface area contributed by atoms with E-state index in [9.17, 15) is 9.59 Å². The van der Waals surface area contributed by atoms with Crippen molar-refractivity contribution in [3.05, 3.63) is 23.8 Å². The maximum Gasteiger partial charge on any atom is 0.274 e. The second kappa shape index (κ2) is 5.19. The molecular weight excluding hydrogens is 256 g/mol. The molecule has 0 radical (unpaired) electrons. The van der Waals surface area contributed by atoms with Crippen LogP contribution < -0.4 is 5.32 Å². The predicted molar refractivity (Wildman–Crippen MR) is 72.0 cm³/mol. The van der Waals surface area contributed by atoms with Crippen molar-refractivity contribution in [2.24, 2.45) is 0 Å². The third-order valence-corrected chi connectivity index (χ3v) is 4.05. The van der Waals surface area contributed by atoms with Gasteiger partial charge in [-0.25, -0.2) is 4.98 Å². The lowest BCUT2D eigenvalue weighted by Crippen LogP contribution is -2.63. The molecular formula is C14H18N4O2. The normalized spacial score (nSPS) is 25.9. The smallest absolute Gasteiger partial charge is 0.274 e. The van der Waals surface area contributed by atoms with Crippen molar-refractivity contribution < 1.29 is 9.59 Å². The number of fused-ring (bicyclic) bond motifs is 1. The lowest BCUT2D eigenvalue weighted by molar-refractivity contribution is -0.127. The Labute approximate surface area is 117 Å². The number of aryl methyl sites for hydroxylation is 1. The first-order chi connectivity index (χ1) is 9.65. The summed E-state index contributed by atoms with van der Waals surface area (Å²) in [4.78, 5) is 34.2. The highest BCUT2D eigenvalue weighted by Crippen LogP contribution is 2.26. The Balaban J connectivity index is 1.84. The molecule has 6 nitrogen and oxygen atoms in total. The molecule has 1 aliphatic carbocycles. The van der Waals surface area contributed by atoms with E-state index in [2.05, 4.69) is 15.3 Å². The first-order valence-corrected chi connectivity index (χ1v) is 7.04. The minimum absolute atomic E-state index is 0.0819. The Hall–Kier alpha value is -1.98. The van der Waals surface area contributed by atoms with Crippen molar-refractivity contribution in [1.82, 2.24) is 20.2 Å². The van der Waals surface area contributed by atoms with Crippen LogP contribution in [0.1, 0.15) is 41.9 Å². The standard InChI is InChI=1S/C14H18N4O2/c1-9-6-16-11(7-15-9)14(20)18-8-13(19)17-10-4-2-3-5-12(10)18/h6-7,10,12H,2-5,8H2,1H3,(H,17,19)/t10-,12+/m1/s1. The van der Waals surface area contributed by atoms with Crippen LogP contribution in [0.4, 0.5) is 0 Å².